The van der Waals surface area contributed by atoms with Crippen LogP contribution in [0.2, 0.25) is 0 Å². The molecule has 1 atom stereocenters. The molecule has 0 spiro atoms. The Bertz CT molecular complexity index is 817. The van der Waals surface area contributed by atoms with E-state index in [1.54, 1.807) is 6.07 Å². The summed E-state index contributed by atoms with van der Waals surface area (Å²) in [5.74, 6) is 0.105. The molecule has 4 rings (SSSR count). The summed E-state index contributed by atoms with van der Waals surface area (Å²) in [5, 5.41) is 12.3. The molecule has 25 heavy (non-hydrogen) atoms. The Morgan fingerprint density at radius 2 is 2.12 bits per heavy atom. The molecule has 1 saturated heterocycles. The number of rotatable bonds is 4. The van der Waals surface area contributed by atoms with Crippen molar-refractivity contribution in [1.29, 1.82) is 5.26 Å². The maximum absolute atomic E-state index is 14.1. The van der Waals surface area contributed by atoms with Crippen LogP contribution in [0, 0.1) is 17.1 Å². The monoisotopic (exact) mass is 336 g/mol. The van der Waals surface area contributed by atoms with Crippen LogP contribution in [0.4, 0.5) is 4.39 Å². The minimum Gasteiger partial charge on any atom is -0.375 e. The number of ether oxygens (including phenoxy) is 1. The third-order valence-electron chi connectivity index (χ3n) is 5.03. The zero-order valence-corrected chi connectivity index (χ0v) is 14.1. The molecule has 1 unspecified atom stereocenters. The second-order valence-corrected chi connectivity index (χ2v) is 6.86. The van der Waals surface area contributed by atoms with Crippen LogP contribution in [-0.4, -0.2) is 25.8 Å². The van der Waals surface area contributed by atoms with E-state index < -0.39 is 5.82 Å². The van der Waals surface area contributed by atoms with Crippen LogP contribution in [0.15, 0.2) is 36.4 Å². The van der Waals surface area contributed by atoms with Crippen molar-refractivity contribution in [3.05, 3.63) is 58.9 Å². The highest BCUT2D eigenvalue weighted by Gasteiger charge is 2.30. The molecule has 1 N–H and O–H groups in total. The molecule has 1 heterocycles. The van der Waals surface area contributed by atoms with E-state index in [9.17, 15) is 4.39 Å². The van der Waals surface area contributed by atoms with Crippen LogP contribution >= 0.6 is 0 Å². The third kappa shape index (κ3) is 3.44. The zero-order chi connectivity index (χ0) is 17.2. The molecule has 4 heteroatoms. The maximum atomic E-state index is 14.1. The highest BCUT2D eigenvalue weighted by atomic mass is 19.1. The van der Waals surface area contributed by atoms with Gasteiger partial charge in [0.2, 0.25) is 0 Å². The van der Waals surface area contributed by atoms with E-state index in [-0.39, 0.29) is 11.7 Å². The number of hydrogen-bond acceptors (Lipinski definition) is 3. The van der Waals surface area contributed by atoms with Crippen molar-refractivity contribution >= 4 is 0 Å². The van der Waals surface area contributed by atoms with Crippen LogP contribution < -0.4 is 5.32 Å². The summed E-state index contributed by atoms with van der Waals surface area (Å²) in [6.45, 7) is 2.54. The van der Waals surface area contributed by atoms with E-state index in [1.807, 2.05) is 18.2 Å². The predicted octanol–water partition coefficient (Wildman–Crippen LogP) is 3.77. The summed E-state index contributed by atoms with van der Waals surface area (Å²) < 4.78 is 20.0. The Hall–Kier alpha value is -2.22. The fraction of sp³-hybridized carbons (Fsp3) is 0.381. The molecule has 128 valence electrons. The minimum atomic E-state index is -0.452. The Kier molecular flexibility index (Phi) is 4.52. The number of nitrogens with one attached hydrogen (secondary N) is 1. The quantitative estimate of drug-likeness (QED) is 0.924. The molecule has 0 radical (unpaired) electrons. The number of halogens is 1. The lowest BCUT2D eigenvalue weighted by Crippen LogP contribution is -2.39. The van der Waals surface area contributed by atoms with Crippen molar-refractivity contribution in [1.82, 2.24) is 5.32 Å². The SMILES string of the molecule is N#Cc1ccc(-c2cccc(CC3CNCCO3)c2C2CC2)cc1F. The van der Waals surface area contributed by atoms with Gasteiger partial charge in [-0.1, -0.05) is 24.3 Å². The number of benzene rings is 2. The van der Waals surface area contributed by atoms with E-state index in [0.29, 0.717) is 5.92 Å². The van der Waals surface area contributed by atoms with Gasteiger partial charge in [0.25, 0.3) is 0 Å². The molecule has 1 saturated carbocycles. The summed E-state index contributed by atoms with van der Waals surface area (Å²) in [4.78, 5) is 0. The standard InChI is InChI=1S/C21H21FN2O/c22-20-11-15(6-7-17(20)12-23)19-3-1-2-16(21(19)14-4-5-14)10-18-13-24-8-9-25-18/h1-3,6-7,11,14,18,24H,4-5,8-10,13H2. The molecule has 1 aliphatic heterocycles. The van der Waals surface area contributed by atoms with Crippen molar-refractivity contribution in [2.45, 2.75) is 31.3 Å². The topological polar surface area (TPSA) is 45.0 Å². The second kappa shape index (κ2) is 6.95. The van der Waals surface area contributed by atoms with Gasteiger partial charge in [-0.05, 0) is 53.1 Å². The highest BCUT2D eigenvalue weighted by molar-refractivity contribution is 5.71. The predicted molar refractivity (Wildman–Crippen MR) is 94.8 cm³/mol. The molecule has 2 aliphatic rings. The maximum Gasteiger partial charge on any atom is 0.141 e. The van der Waals surface area contributed by atoms with Gasteiger partial charge in [-0.2, -0.15) is 5.26 Å². The first kappa shape index (κ1) is 16.3. The molecular weight excluding hydrogens is 315 g/mol. The highest BCUT2D eigenvalue weighted by Crippen LogP contribution is 2.46. The fourth-order valence-corrected chi connectivity index (χ4v) is 3.67. The number of nitriles is 1. The molecule has 0 amide bonds. The molecule has 3 nitrogen and oxygen atoms in total. The van der Waals surface area contributed by atoms with Crippen molar-refractivity contribution in [2.24, 2.45) is 0 Å². The zero-order valence-electron chi connectivity index (χ0n) is 14.1. The Morgan fingerprint density at radius 1 is 1.24 bits per heavy atom. The van der Waals surface area contributed by atoms with Crippen LogP contribution in [0.1, 0.15) is 35.4 Å². The average molecular weight is 336 g/mol. The van der Waals surface area contributed by atoms with E-state index in [1.165, 1.54) is 30.0 Å². The Morgan fingerprint density at radius 3 is 2.80 bits per heavy atom. The van der Waals surface area contributed by atoms with Crippen molar-refractivity contribution in [2.75, 3.05) is 19.7 Å². The van der Waals surface area contributed by atoms with Crippen LogP contribution in [0.5, 0.6) is 0 Å². The van der Waals surface area contributed by atoms with E-state index >= 15 is 0 Å². The van der Waals surface area contributed by atoms with Crippen LogP contribution in [-0.2, 0) is 11.2 Å². The van der Waals surface area contributed by atoms with Gasteiger partial charge >= 0.3 is 0 Å². The van der Waals surface area contributed by atoms with Gasteiger partial charge in [0.1, 0.15) is 11.9 Å². The third-order valence-corrected chi connectivity index (χ3v) is 5.03. The van der Waals surface area contributed by atoms with Gasteiger partial charge in [-0.15, -0.1) is 0 Å². The van der Waals surface area contributed by atoms with Crippen molar-refractivity contribution in [3.63, 3.8) is 0 Å². The first-order chi connectivity index (χ1) is 12.3. The molecule has 2 aromatic rings. The van der Waals surface area contributed by atoms with Gasteiger partial charge < -0.3 is 10.1 Å². The Labute approximate surface area is 147 Å². The molecule has 0 aromatic heterocycles. The largest absolute Gasteiger partial charge is 0.375 e. The normalized spacial score (nSPS) is 20.2. The van der Waals surface area contributed by atoms with Gasteiger partial charge in [0.05, 0.1) is 18.3 Å². The first-order valence-electron chi connectivity index (χ1n) is 8.90. The smallest absolute Gasteiger partial charge is 0.141 e. The van der Waals surface area contributed by atoms with Gasteiger partial charge in [0.15, 0.2) is 0 Å². The van der Waals surface area contributed by atoms with Crippen LogP contribution in [0.25, 0.3) is 11.1 Å². The van der Waals surface area contributed by atoms with Gasteiger partial charge in [0, 0.05) is 19.5 Å². The van der Waals surface area contributed by atoms with E-state index in [0.717, 1.165) is 37.2 Å². The minimum absolute atomic E-state index is 0.0922. The number of morpholine rings is 1. The van der Waals surface area contributed by atoms with Crippen molar-refractivity contribution < 1.29 is 9.13 Å². The summed E-state index contributed by atoms with van der Waals surface area (Å²) in [7, 11) is 0. The molecule has 2 aromatic carbocycles. The van der Waals surface area contributed by atoms with E-state index in [2.05, 4.69) is 17.4 Å². The number of hydrogen-bond donors (Lipinski definition) is 1. The molecule has 0 bridgehead atoms. The lowest BCUT2D eigenvalue weighted by atomic mass is 9.89. The fourth-order valence-electron chi connectivity index (χ4n) is 3.67. The second-order valence-electron chi connectivity index (χ2n) is 6.86. The molecular formula is C21H21FN2O. The molecule has 2 fully saturated rings. The van der Waals surface area contributed by atoms with Crippen molar-refractivity contribution in [3.8, 4) is 17.2 Å². The van der Waals surface area contributed by atoms with Crippen LogP contribution in [0.3, 0.4) is 0 Å². The van der Waals surface area contributed by atoms with Gasteiger partial charge in [-0.25, -0.2) is 4.39 Å². The lowest BCUT2D eigenvalue weighted by molar-refractivity contribution is 0.0291. The lowest BCUT2D eigenvalue weighted by Gasteiger charge is -2.25. The van der Waals surface area contributed by atoms with E-state index in [4.69, 9.17) is 10.00 Å². The van der Waals surface area contributed by atoms with Gasteiger partial charge in [-0.3, -0.25) is 0 Å². The number of nitrogens with zero attached hydrogens (tertiary/aromatic N) is 1. The summed E-state index contributed by atoms with van der Waals surface area (Å²) >= 11 is 0. The first-order valence-corrected chi connectivity index (χ1v) is 8.90. The summed E-state index contributed by atoms with van der Waals surface area (Å²) in [5.41, 5.74) is 4.67. The summed E-state index contributed by atoms with van der Waals surface area (Å²) in [6, 6.07) is 13.1. The Balaban J connectivity index is 1.71. The summed E-state index contributed by atoms with van der Waals surface area (Å²) in [6.07, 6.45) is 3.45. The molecule has 1 aliphatic carbocycles. The average Bonchev–Trinajstić information content (AvgIpc) is 3.47.